The Labute approximate surface area is 173 Å². The summed E-state index contributed by atoms with van der Waals surface area (Å²) in [5.41, 5.74) is 6.76. The van der Waals surface area contributed by atoms with Crippen LogP contribution in [0.3, 0.4) is 0 Å². The predicted octanol–water partition coefficient (Wildman–Crippen LogP) is 4.57. The van der Waals surface area contributed by atoms with E-state index in [1.165, 1.54) is 0 Å². The molecule has 0 spiro atoms. The molecular formula is C24H19N5O. The van der Waals surface area contributed by atoms with Crippen molar-refractivity contribution in [2.45, 2.75) is 6.42 Å². The molecule has 6 nitrogen and oxygen atoms in total. The van der Waals surface area contributed by atoms with Gasteiger partial charge in [0.25, 0.3) is 0 Å². The molecule has 3 heterocycles. The fraction of sp³-hybridized carbons (Fsp3) is 0.0417. The Bertz CT molecular complexity index is 1290. The summed E-state index contributed by atoms with van der Waals surface area (Å²) in [6.07, 6.45) is 7.39. The van der Waals surface area contributed by atoms with Crippen molar-refractivity contribution in [3.63, 3.8) is 0 Å². The minimum Gasteiger partial charge on any atom is -0.326 e. The van der Waals surface area contributed by atoms with Gasteiger partial charge in [-0.2, -0.15) is 5.10 Å². The van der Waals surface area contributed by atoms with Crippen molar-refractivity contribution >= 4 is 17.1 Å². The fourth-order valence-electron chi connectivity index (χ4n) is 3.62. The molecule has 0 saturated carbocycles. The molecule has 2 aromatic carbocycles. The van der Waals surface area contributed by atoms with Crippen molar-refractivity contribution < 1.29 is 4.79 Å². The van der Waals surface area contributed by atoms with E-state index in [0.29, 0.717) is 0 Å². The van der Waals surface area contributed by atoms with Gasteiger partial charge in [0.05, 0.1) is 30.7 Å². The predicted molar refractivity (Wildman–Crippen MR) is 117 cm³/mol. The van der Waals surface area contributed by atoms with E-state index in [0.717, 1.165) is 39.2 Å². The van der Waals surface area contributed by atoms with Crippen molar-refractivity contribution in [3.05, 3.63) is 97.3 Å². The molecule has 0 unspecified atom stereocenters. The lowest BCUT2D eigenvalue weighted by Gasteiger charge is -2.13. The molecule has 0 atom stereocenters. The Morgan fingerprint density at radius 2 is 1.73 bits per heavy atom. The van der Waals surface area contributed by atoms with Crippen LogP contribution in [0, 0.1) is 0 Å². The SMILES string of the molecule is O=C(Cc1c(-c2ccccc2)ccc2cncn12)Nc1ccc(-c2cn[nH]c2)cc1. The average Bonchev–Trinajstić information content (AvgIpc) is 3.47. The van der Waals surface area contributed by atoms with Gasteiger partial charge < -0.3 is 9.72 Å². The van der Waals surface area contributed by atoms with Gasteiger partial charge in [-0.15, -0.1) is 0 Å². The minimum atomic E-state index is -0.0792. The standard InChI is InChI=1S/C24H19N5O/c30-24(28-20-8-6-17(7-9-20)19-13-26-27-14-19)12-23-22(18-4-2-1-3-5-18)11-10-21-15-25-16-29(21)23/h1-11,13-16H,12H2,(H,26,27)(H,28,30). The topological polar surface area (TPSA) is 75.1 Å². The number of rotatable bonds is 5. The van der Waals surface area contributed by atoms with Crippen molar-refractivity contribution in [3.8, 4) is 22.3 Å². The summed E-state index contributed by atoms with van der Waals surface area (Å²) in [5.74, 6) is -0.0792. The third-order valence-corrected chi connectivity index (χ3v) is 5.10. The van der Waals surface area contributed by atoms with Crippen molar-refractivity contribution in [2.24, 2.45) is 0 Å². The molecule has 146 valence electrons. The highest BCUT2D eigenvalue weighted by molar-refractivity contribution is 5.93. The number of carbonyl (C=O) groups excluding carboxylic acids is 1. The van der Waals surface area contributed by atoms with Crippen molar-refractivity contribution in [1.82, 2.24) is 19.6 Å². The number of nitrogens with one attached hydrogen (secondary N) is 2. The first-order valence-electron chi connectivity index (χ1n) is 9.66. The van der Waals surface area contributed by atoms with Gasteiger partial charge in [0.1, 0.15) is 0 Å². The number of H-pyrrole nitrogens is 1. The van der Waals surface area contributed by atoms with Gasteiger partial charge in [0.2, 0.25) is 5.91 Å². The van der Waals surface area contributed by atoms with Crippen LogP contribution in [0.15, 0.2) is 91.6 Å². The summed E-state index contributed by atoms with van der Waals surface area (Å²) in [4.78, 5) is 17.1. The van der Waals surface area contributed by atoms with Crippen LogP contribution in [0.1, 0.15) is 5.69 Å². The van der Waals surface area contributed by atoms with Crippen molar-refractivity contribution in [2.75, 3.05) is 5.32 Å². The lowest BCUT2D eigenvalue weighted by atomic mass is 10.0. The monoisotopic (exact) mass is 393 g/mol. The number of nitrogens with zero attached hydrogens (tertiary/aromatic N) is 3. The summed E-state index contributed by atoms with van der Waals surface area (Å²) in [7, 11) is 0. The molecular weight excluding hydrogens is 374 g/mol. The first-order valence-corrected chi connectivity index (χ1v) is 9.66. The summed E-state index contributed by atoms with van der Waals surface area (Å²) in [6.45, 7) is 0. The van der Waals surface area contributed by atoms with E-state index in [2.05, 4.69) is 26.6 Å². The van der Waals surface area contributed by atoms with E-state index in [1.807, 2.05) is 71.3 Å². The van der Waals surface area contributed by atoms with Gasteiger partial charge in [0, 0.05) is 28.7 Å². The summed E-state index contributed by atoms with van der Waals surface area (Å²) >= 11 is 0. The number of pyridine rings is 1. The number of imidazole rings is 1. The maximum atomic E-state index is 12.9. The number of hydrogen-bond acceptors (Lipinski definition) is 3. The van der Waals surface area contributed by atoms with E-state index in [4.69, 9.17) is 0 Å². The Kier molecular flexibility index (Phi) is 4.57. The number of aromatic amines is 1. The number of aromatic nitrogens is 4. The highest BCUT2D eigenvalue weighted by Crippen LogP contribution is 2.26. The van der Waals surface area contributed by atoms with Crippen LogP contribution >= 0.6 is 0 Å². The normalized spacial score (nSPS) is 10.9. The lowest BCUT2D eigenvalue weighted by molar-refractivity contribution is -0.115. The van der Waals surface area contributed by atoms with Crippen LogP contribution in [0.5, 0.6) is 0 Å². The summed E-state index contributed by atoms with van der Waals surface area (Å²) in [6, 6.07) is 21.9. The second-order valence-electron chi connectivity index (χ2n) is 7.04. The van der Waals surface area contributed by atoms with Crippen LogP contribution in [-0.2, 0) is 11.2 Å². The van der Waals surface area contributed by atoms with Gasteiger partial charge in [-0.1, -0.05) is 48.5 Å². The first kappa shape index (κ1) is 17.9. The molecule has 0 aliphatic carbocycles. The second-order valence-corrected chi connectivity index (χ2v) is 7.04. The minimum absolute atomic E-state index is 0.0792. The van der Waals surface area contributed by atoms with E-state index < -0.39 is 0 Å². The van der Waals surface area contributed by atoms with Gasteiger partial charge in [-0.3, -0.25) is 9.89 Å². The van der Waals surface area contributed by atoms with Gasteiger partial charge in [0.15, 0.2) is 0 Å². The van der Waals surface area contributed by atoms with Crippen LogP contribution < -0.4 is 5.32 Å². The van der Waals surface area contributed by atoms with E-state index in [1.54, 1.807) is 18.7 Å². The lowest BCUT2D eigenvalue weighted by Crippen LogP contribution is -2.17. The number of anilines is 1. The third-order valence-electron chi connectivity index (χ3n) is 5.10. The van der Waals surface area contributed by atoms with Crippen LogP contribution in [0.25, 0.3) is 27.8 Å². The largest absolute Gasteiger partial charge is 0.326 e. The molecule has 0 radical (unpaired) electrons. The third kappa shape index (κ3) is 3.46. The Hall–Kier alpha value is -4.19. The molecule has 0 saturated heterocycles. The van der Waals surface area contributed by atoms with Gasteiger partial charge in [-0.05, 0) is 29.3 Å². The summed E-state index contributed by atoms with van der Waals surface area (Å²) in [5, 5.41) is 9.78. The van der Waals surface area contributed by atoms with Crippen LogP contribution in [-0.4, -0.2) is 25.5 Å². The van der Waals surface area contributed by atoms with Crippen LogP contribution in [0.2, 0.25) is 0 Å². The molecule has 30 heavy (non-hydrogen) atoms. The molecule has 0 bridgehead atoms. The quantitative estimate of drug-likeness (QED) is 0.459. The fourth-order valence-corrected chi connectivity index (χ4v) is 3.62. The zero-order valence-corrected chi connectivity index (χ0v) is 16.1. The molecule has 3 aromatic heterocycles. The smallest absolute Gasteiger partial charge is 0.230 e. The second kappa shape index (κ2) is 7.67. The average molecular weight is 393 g/mol. The number of hydrogen-bond donors (Lipinski definition) is 2. The Morgan fingerprint density at radius 3 is 2.50 bits per heavy atom. The van der Waals surface area contributed by atoms with E-state index >= 15 is 0 Å². The number of amides is 1. The Balaban J connectivity index is 1.41. The Morgan fingerprint density at radius 1 is 0.900 bits per heavy atom. The first-order chi connectivity index (χ1) is 14.8. The maximum Gasteiger partial charge on any atom is 0.230 e. The molecule has 5 aromatic rings. The number of benzene rings is 2. The molecule has 2 N–H and O–H groups in total. The molecule has 0 fully saturated rings. The van der Waals surface area contributed by atoms with Gasteiger partial charge >= 0.3 is 0 Å². The van der Waals surface area contributed by atoms with E-state index in [9.17, 15) is 4.79 Å². The van der Waals surface area contributed by atoms with E-state index in [-0.39, 0.29) is 12.3 Å². The number of fused-ring (bicyclic) bond motifs is 1. The van der Waals surface area contributed by atoms with Crippen molar-refractivity contribution in [1.29, 1.82) is 0 Å². The molecule has 6 heteroatoms. The summed E-state index contributed by atoms with van der Waals surface area (Å²) < 4.78 is 1.98. The highest BCUT2D eigenvalue weighted by atomic mass is 16.1. The molecule has 1 amide bonds. The maximum absolute atomic E-state index is 12.9. The molecule has 0 aliphatic rings. The molecule has 5 rings (SSSR count). The van der Waals surface area contributed by atoms with Gasteiger partial charge in [-0.25, -0.2) is 4.98 Å². The highest BCUT2D eigenvalue weighted by Gasteiger charge is 2.14. The zero-order valence-electron chi connectivity index (χ0n) is 16.1. The zero-order chi connectivity index (χ0) is 20.3. The number of carbonyl (C=O) groups is 1. The molecule has 0 aliphatic heterocycles. The van der Waals surface area contributed by atoms with Crippen LogP contribution in [0.4, 0.5) is 5.69 Å².